The third kappa shape index (κ3) is 4.68. The Labute approximate surface area is 169 Å². The number of esters is 1. The minimum absolute atomic E-state index is 0.240. The molecule has 2 aromatic rings. The maximum atomic E-state index is 12.5. The third-order valence-corrected chi connectivity index (χ3v) is 4.52. The molecule has 1 heterocycles. The van der Waals surface area contributed by atoms with Gasteiger partial charge in [0.05, 0.1) is 25.3 Å². The van der Waals surface area contributed by atoms with Crippen LogP contribution in [-0.2, 0) is 16.1 Å². The number of urea groups is 1. The van der Waals surface area contributed by atoms with Gasteiger partial charge in [0.1, 0.15) is 6.61 Å². The summed E-state index contributed by atoms with van der Waals surface area (Å²) >= 11 is 0. The first-order chi connectivity index (χ1) is 14.0. The molecule has 1 aliphatic rings. The Morgan fingerprint density at radius 2 is 1.86 bits per heavy atom. The van der Waals surface area contributed by atoms with Gasteiger partial charge < -0.3 is 24.8 Å². The maximum absolute atomic E-state index is 12.5. The van der Waals surface area contributed by atoms with Crippen molar-refractivity contribution >= 4 is 12.0 Å². The predicted molar refractivity (Wildman–Crippen MR) is 108 cm³/mol. The van der Waals surface area contributed by atoms with E-state index in [1.54, 1.807) is 39.2 Å². The molecule has 7 heteroatoms. The summed E-state index contributed by atoms with van der Waals surface area (Å²) in [6.07, 6.45) is 0. The van der Waals surface area contributed by atoms with Gasteiger partial charge in [-0.2, -0.15) is 0 Å². The van der Waals surface area contributed by atoms with Gasteiger partial charge in [-0.25, -0.2) is 9.59 Å². The van der Waals surface area contributed by atoms with Crippen LogP contribution in [0, 0.1) is 0 Å². The number of amides is 2. The monoisotopic (exact) mass is 396 g/mol. The SMILES string of the molecule is CCOC(=O)C1=C(C)NC(=O)N[C@@H]1c1ccc(OC)c(OCc2ccccc2)c1. The van der Waals surface area contributed by atoms with Crippen LogP contribution in [0.1, 0.15) is 31.0 Å². The number of carbonyl (C=O) groups is 2. The quantitative estimate of drug-likeness (QED) is 0.700. The maximum Gasteiger partial charge on any atom is 0.338 e. The van der Waals surface area contributed by atoms with Crippen LogP contribution < -0.4 is 20.1 Å². The van der Waals surface area contributed by atoms with Crippen molar-refractivity contribution in [3.05, 3.63) is 70.9 Å². The molecule has 0 spiro atoms. The molecule has 0 saturated carbocycles. The van der Waals surface area contributed by atoms with E-state index in [2.05, 4.69) is 10.6 Å². The molecule has 152 valence electrons. The largest absolute Gasteiger partial charge is 0.493 e. The van der Waals surface area contributed by atoms with Crippen LogP contribution in [0.3, 0.4) is 0 Å². The van der Waals surface area contributed by atoms with E-state index in [9.17, 15) is 9.59 Å². The van der Waals surface area contributed by atoms with E-state index in [0.717, 1.165) is 5.56 Å². The van der Waals surface area contributed by atoms with Crippen molar-refractivity contribution in [1.82, 2.24) is 10.6 Å². The summed E-state index contributed by atoms with van der Waals surface area (Å²) in [7, 11) is 1.56. The summed E-state index contributed by atoms with van der Waals surface area (Å²) in [5.74, 6) is 0.593. The number of nitrogens with one attached hydrogen (secondary N) is 2. The normalized spacial score (nSPS) is 16.0. The van der Waals surface area contributed by atoms with Crippen molar-refractivity contribution in [2.75, 3.05) is 13.7 Å². The standard InChI is InChI=1S/C22H24N2O5/c1-4-28-21(25)19-14(2)23-22(26)24-20(19)16-10-11-17(27-3)18(12-16)29-13-15-8-6-5-7-9-15/h5-12,20H,4,13H2,1-3H3,(H2,23,24,26)/t20-/m1/s1. The molecule has 0 unspecified atom stereocenters. The molecule has 2 N–H and O–H groups in total. The van der Waals surface area contributed by atoms with E-state index in [4.69, 9.17) is 14.2 Å². The third-order valence-electron chi connectivity index (χ3n) is 4.52. The topological polar surface area (TPSA) is 85.9 Å². The number of carbonyl (C=O) groups excluding carboxylic acids is 2. The lowest BCUT2D eigenvalue weighted by Crippen LogP contribution is -2.45. The van der Waals surface area contributed by atoms with Gasteiger partial charge in [-0.1, -0.05) is 36.4 Å². The summed E-state index contributed by atoms with van der Waals surface area (Å²) in [5.41, 5.74) is 2.51. The second-order valence-electron chi connectivity index (χ2n) is 6.48. The zero-order valence-electron chi connectivity index (χ0n) is 16.7. The Kier molecular flexibility index (Phi) is 6.39. The molecular weight excluding hydrogens is 372 g/mol. The molecule has 2 amide bonds. The molecule has 0 bridgehead atoms. The Balaban J connectivity index is 1.93. The average Bonchev–Trinajstić information content (AvgIpc) is 2.72. The number of ether oxygens (including phenoxy) is 3. The molecule has 29 heavy (non-hydrogen) atoms. The first-order valence-corrected chi connectivity index (χ1v) is 9.33. The van der Waals surface area contributed by atoms with Gasteiger partial charge in [0, 0.05) is 5.70 Å². The Morgan fingerprint density at radius 1 is 1.10 bits per heavy atom. The summed E-state index contributed by atoms with van der Waals surface area (Å²) < 4.78 is 16.5. The highest BCUT2D eigenvalue weighted by atomic mass is 16.5. The van der Waals surface area contributed by atoms with Crippen LogP contribution >= 0.6 is 0 Å². The van der Waals surface area contributed by atoms with Crippen molar-refractivity contribution in [2.45, 2.75) is 26.5 Å². The van der Waals surface area contributed by atoms with Crippen molar-refractivity contribution in [3.8, 4) is 11.5 Å². The molecule has 2 aromatic carbocycles. The molecule has 0 aliphatic carbocycles. The van der Waals surface area contributed by atoms with Crippen LogP contribution in [0.25, 0.3) is 0 Å². The van der Waals surface area contributed by atoms with Crippen LogP contribution in [0.2, 0.25) is 0 Å². The molecule has 0 aromatic heterocycles. The fraction of sp³-hybridized carbons (Fsp3) is 0.273. The fourth-order valence-corrected chi connectivity index (χ4v) is 3.14. The summed E-state index contributed by atoms with van der Waals surface area (Å²) in [4.78, 5) is 24.5. The van der Waals surface area contributed by atoms with Crippen LogP contribution in [0.5, 0.6) is 11.5 Å². The highest BCUT2D eigenvalue weighted by molar-refractivity contribution is 5.95. The van der Waals surface area contributed by atoms with E-state index < -0.39 is 12.0 Å². The summed E-state index contributed by atoms with van der Waals surface area (Å²) in [6.45, 7) is 4.01. The molecule has 1 atom stereocenters. The van der Waals surface area contributed by atoms with Crippen LogP contribution in [-0.4, -0.2) is 25.7 Å². The Bertz CT molecular complexity index is 924. The molecule has 0 radical (unpaired) electrons. The van der Waals surface area contributed by atoms with E-state index in [1.807, 2.05) is 30.3 Å². The zero-order valence-corrected chi connectivity index (χ0v) is 16.7. The second kappa shape index (κ2) is 9.14. The number of allylic oxidation sites excluding steroid dienone is 1. The molecule has 0 fully saturated rings. The van der Waals surface area contributed by atoms with Gasteiger partial charge in [-0.3, -0.25) is 0 Å². The first kappa shape index (κ1) is 20.3. The van der Waals surface area contributed by atoms with Gasteiger partial charge in [-0.15, -0.1) is 0 Å². The van der Waals surface area contributed by atoms with E-state index in [1.165, 1.54) is 0 Å². The highest BCUT2D eigenvalue weighted by Gasteiger charge is 2.32. The first-order valence-electron chi connectivity index (χ1n) is 9.33. The fourth-order valence-electron chi connectivity index (χ4n) is 3.14. The van der Waals surface area contributed by atoms with Gasteiger partial charge in [0.2, 0.25) is 0 Å². The number of rotatable bonds is 7. The molecule has 7 nitrogen and oxygen atoms in total. The number of hydrogen-bond donors (Lipinski definition) is 2. The van der Waals surface area contributed by atoms with E-state index >= 15 is 0 Å². The lowest BCUT2D eigenvalue weighted by atomic mass is 9.95. The average molecular weight is 396 g/mol. The highest BCUT2D eigenvalue weighted by Crippen LogP contribution is 2.35. The minimum Gasteiger partial charge on any atom is -0.493 e. The smallest absolute Gasteiger partial charge is 0.338 e. The van der Waals surface area contributed by atoms with Crippen molar-refractivity contribution in [3.63, 3.8) is 0 Å². The van der Waals surface area contributed by atoms with Gasteiger partial charge in [0.15, 0.2) is 11.5 Å². The number of hydrogen-bond acceptors (Lipinski definition) is 5. The summed E-state index contributed by atoms with van der Waals surface area (Å²) in [6, 6.07) is 14.0. The molecule has 1 aliphatic heterocycles. The second-order valence-corrected chi connectivity index (χ2v) is 6.48. The van der Waals surface area contributed by atoms with E-state index in [-0.39, 0.29) is 12.6 Å². The predicted octanol–water partition coefficient (Wildman–Crippen LogP) is 3.47. The Hall–Kier alpha value is -3.48. The van der Waals surface area contributed by atoms with Crippen molar-refractivity contribution in [2.24, 2.45) is 0 Å². The van der Waals surface area contributed by atoms with Gasteiger partial charge in [0.25, 0.3) is 0 Å². The van der Waals surface area contributed by atoms with Crippen molar-refractivity contribution in [1.29, 1.82) is 0 Å². The summed E-state index contributed by atoms with van der Waals surface area (Å²) in [5, 5.41) is 5.41. The van der Waals surface area contributed by atoms with Gasteiger partial charge in [-0.05, 0) is 37.1 Å². The number of methoxy groups -OCH3 is 1. The van der Waals surface area contributed by atoms with Crippen LogP contribution in [0.15, 0.2) is 59.8 Å². The lowest BCUT2D eigenvalue weighted by Gasteiger charge is -2.28. The van der Waals surface area contributed by atoms with Crippen LogP contribution in [0.4, 0.5) is 4.79 Å². The molecule has 0 saturated heterocycles. The zero-order chi connectivity index (χ0) is 20.8. The van der Waals surface area contributed by atoms with E-state index in [0.29, 0.717) is 34.9 Å². The van der Waals surface area contributed by atoms with Crippen molar-refractivity contribution < 1.29 is 23.8 Å². The molecular formula is C22H24N2O5. The molecule has 3 rings (SSSR count). The van der Waals surface area contributed by atoms with Gasteiger partial charge >= 0.3 is 12.0 Å². The minimum atomic E-state index is -0.659. The number of benzene rings is 2. The lowest BCUT2D eigenvalue weighted by molar-refractivity contribution is -0.139. The Morgan fingerprint density at radius 3 is 2.55 bits per heavy atom.